The van der Waals surface area contributed by atoms with Crippen LogP contribution in [0, 0.1) is 0 Å². The Kier molecular flexibility index (Phi) is 4.29. The van der Waals surface area contributed by atoms with Gasteiger partial charge in [-0.15, -0.1) is 0 Å². The summed E-state index contributed by atoms with van der Waals surface area (Å²) in [6.07, 6.45) is 1.76. The molecule has 1 atom stereocenters. The third-order valence-electron chi connectivity index (χ3n) is 5.43. The molecule has 5 rings (SSSR count). The molecule has 1 aliphatic rings. The van der Waals surface area contributed by atoms with E-state index >= 15 is 0 Å². The van der Waals surface area contributed by atoms with Crippen LogP contribution in [0.4, 0.5) is 0 Å². The van der Waals surface area contributed by atoms with Crippen LogP contribution in [0.3, 0.4) is 0 Å². The van der Waals surface area contributed by atoms with Crippen molar-refractivity contribution < 1.29 is 9.59 Å². The van der Waals surface area contributed by atoms with Gasteiger partial charge in [0.2, 0.25) is 0 Å². The average Bonchev–Trinajstić information content (AvgIpc) is 3.39. The summed E-state index contributed by atoms with van der Waals surface area (Å²) < 4.78 is 0. The number of ketones is 1. The number of carbonyl (C=O) groups excluding carboxylic acids is 2. The van der Waals surface area contributed by atoms with E-state index < -0.39 is 0 Å². The maximum atomic E-state index is 12.8. The standard InChI is InChI=1S/C25H19N3O2/c1-15(24-26-14-22(28-24)16-7-3-2-4-8-16)27-25(30)17-11-12-19-18-9-5-6-10-20(18)23(29)21(19)13-17/h2-15H,1H3,(H,26,28)(H,27,30). The van der Waals surface area contributed by atoms with Crippen molar-refractivity contribution in [2.45, 2.75) is 13.0 Å². The molecule has 0 radical (unpaired) electrons. The van der Waals surface area contributed by atoms with Gasteiger partial charge >= 0.3 is 0 Å². The van der Waals surface area contributed by atoms with Gasteiger partial charge in [-0.2, -0.15) is 0 Å². The lowest BCUT2D eigenvalue weighted by atomic mass is 10.0. The second kappa shape index (κ2) is 7.12. The first kappa shape index (κ1) is 18.1. The van der Waals surface area contributed by atoms with Gasteiger partial charge in [-0.05, 0) is 35.7 Å². The van der Waals surface area contributed by atoms with Gasteiger partial charge in [-0.25, -0.2) is 4.98 Å². The number of imidazole rings is 1. The number of nitrogens with one attached hydrogen (secondary N) is 2. The van der Waals surface area contributed by atoms with E-state index in [-0.39, 0.29) is 17.7 Å². The molecule has 1 aromatic heterocycles. The molecule has 0 spiro atoms. The van der Waals surface area contributed by atoms with Crippen LogP contribution in [-0.2, 0) is 0 Å². The van der Waals surface area contributed by atoms with Crippen molar-refractivity contribution in [3.8, 4) is 22.4 Å². The predicted molar refractivity (Wildman–Crippen MR) is 115 cm³/mol. The minimum Gasteiger partial charge on any atom is -0.342 e. The first-order valence-corrected chi connectivity index (χ1v) is 9.81. The number of benzene rings is 3. The number of hydrogen-bond acceptors (Lipinski definition) is 3. The molecule has 0 saturated carbocycles. The molecule has 30 heavy (non-hydrogen) atoms. The molecule has 1 amide bonds. The summed E-state index contributed by atoms with van der Waals surface area (Å²) in [5.74, 6) is 0.389. The molecule has 5 heteroatoms. The normalized spacial score (nSPS) is 12.9. The first-order valence-electron chi connectivity index (χ1n) is 9.81. The molecule has 5 nitrogen and oxygen atoms in total. The number of aromatic amines is 1. The molecule has 0 bridgehead atoms. The number of hydrogen-bond donors (Lipinski definition) is 2. The summed E-state index contributed by atoms with van der Waals surface area (Å²) in [5, 5.41) is 2.96. The SMILES string of the molecule is CC(NC(=O)c1ccc2c(c1)C(=O)c1ccccc1-2)c1ncc(-c2ccccc2)[nH]1. The highest BCUT2D eigenvalue weighted by atomic mass is 16.1. The highest BCUT2D eigenvalue weighted by molar-refractivity contribution is 6.22. The van der Waals surface area contributed by atoms with Gasteiger partial charge in [0.05, 0.1) is 17.9 Å². The lowest BCUT2D eigenvalue weighted by Gasteiger charge is -2.12. The summed E-state index contributed by atoms with van der Waals surface area (Å²) in [7, 11) is 0. The summed E-state index contributed by atoms with van der Waals surface area (Å²) in [4.78, 5) is 33.2. The second-order valence-electron chi connectivity index (χ2n) is 7.38. The molecule has 0 fully saturated rings. The fraction of sp³-hybridized carbons (Fsp3) is 0.0800. The number of amides is 1. The zero-order valence-electron chi connectivity index (χ0n) is 16.3. The summed E-state index contributed by atoms with van der Waals surface area (Å²) in [6.45, 7) is 1.87. The van der Waals surface area contributed by atoms with Gasteiger partial charge in [-0.1, -0.05) is 60.7 Å². The third kappa shape index (κ3) is 3.01. The van der Waals surface area contributed by atoms with Crippen LogP contribution < -0.4 is 5.32 Å². The van der Waals surface area contributed by atoms with E-state index in [0.29, 0.717) is 22.5 Å². The van der Waals surface area contributed by atoms with Gasteiger partial charge in [-0.3, -0.25) is 9.59 Å². The Hall–Kier alpha value is -3.99. The molecule has 0 saturated heterocycles. The fourth-order valence-corrected chi connectivity index (χ4v) is 3.84. The van der Waals surface area contributed by atoms with Crippen molar-refractivity contribution in [1.82, 2.24) is 15.3 Å². The topological polar surface area (TPSA) is 74.8 Å². The second-order valence-corrected chi connectivity index (χ2v) is 7.38. The van der Waals surface area contributed by atoms with Gasteiger partial charge in [0.1, 0.15) is 5.82 Å². The molecular formula is C25H19N3O2. The maximum Gasteiger partial charge on any atom is 0.251 e. The van der Waals surface area contributed by atoms with Crippen molar-refractivity contribution in [3.05, 3.63) is 102 Å². The van der Waals surface area contributed by atoms with Crippen molar-refractivity contribution in [2.75, 3.05) is 0 Å². The highest BCUT2D eigenvalue weighted by Crippen LogP contribution is 2.36. The van der Waals surface area contributed by atoms with Crippen LogP contribution in [0.25, 0.3) is 22.4 Å². The molecule has 146 valence electrons. The van der Waals surface area contributed by atoms with Crippen molar-refractivity contribution >= 4 is 11.7 Å². The Bertz CT molecular complexity index is 1270. The molecule has 1 heterocycles. The molecule has 3 aromatic carbocycles. The number of rotatable bonds is 4. The molecule has 0 aliphatic heterocycles. The van der Waals surface area contributed by atoms with Crippen LogP contribution in [0.2, 0.25) is 0 Å². The molecule has 4 aromatic rings. The van der Waals surface area contributed by atoms with Crippen LogP contribution in [0.1, 0.15) is 45.1 Å². The number of H-pyrrole nitrogens is 1. The van der Waals surface area contributed by atoms with Crippen molar-refractivity contribution in [1.29, 1.82) is 0 Å². The van der Waals surface area contributed by atoms with Crippen molar-refractivity contribution in [2.24, 2.45) is 0 Å². The van der Waals surface area contributed by atoms with Gasteiger partial charge < -0.3 is 10.3 Å². The molecular weight excluding hydrogens is 374 g/mol. The number of fused-ring (bicyclic) bond motifs is 3. The number of aromatic nitrogens is 2. The smallest absolute Gasteiger partial charge is 0.251 e. The van der Waals surface area contributed by atoms with Gasteiger partial charge in [0.25, 0.3) is 5.91 Å². The largest absolute Gasteiger partial charge is 0.342 e. The van der Waals surface area contributed by atoms with E-state index in [1.807, 2.05) is 67.6 Å². The van der Waals surface area contributed by atoms with Crippen LogP contribution in [-0.4, -0.2) is 21.7 Å². The summed E-state index contributed by atoms with van der Waals surface area (Å²) in [5.41, 5.74) is 5.43. The highest BCUT2D eigenvalue weighted by Gasteiger charge is 2.27. The van der Waals surface area contributed by atoms with E-state index in [9.17, 15) is 9.59 Å². The number of nitrogens with zero attached hydrogens (tertiary/aromatic N) is 1. The molecule has 2 N–H and O–H groups in total. The molecule has 1 unspecified atom stereocenters. The maximum absolute atomic E-state index is 12.8. The predicted octanol–water partition coefficient (Wildman–Crippen LogP) is 4.78. The lowest BCUT2D eigenvalue weighted by Crippen LogP contribution is -2.27. The van der Waals surface area contributed by atoms with E-state index in [1.165, 1.54) is 0 Å². The fourth-order valence-electron chi connectivity index (χ4n) is 3.84. The number of carbonyl (C=O) groups is 2. The first-order chi connectivity index (χ1) is 14.6. The van der Waals surface area contributed by atoms with E-state index in [4.69, 9.17) is 0 Å². The minimum absolute atomic E-state index is 0.0400. The third-order valence-corrected chi connectivity index (χ3v) is 5.43. The summed E-state index contributed by atoms with van der Waals surface area (Å²) >= 11 is 0. The Morgan fingerprint density at radius 2 is 1.60 bits per heavy atom. The van der Waals surface area contributed by atoms with Crippen LogP contribution in [0.15, 0.2) is 79.0 Å². The zero-order chi connectivity index (χ0) is 20.7. The van der Waals surface area contributed by atoms with E-state index in [2.05, 4.69) is 15.3 Å². The zero-order valence-corrected chi connectivity index (χ0v) is 16.3. The Balaban J connectivity index is 1.35. The van der Waals surface area contributed by atoms with Gasteiger partial charge in [0, 0.05) is 16.7 Å². The monoisotopic (exact) mass is 393 g/mol. The van der Waals surface area contributed by atoms with E-state index in [1.54, 1.807) is 18.3 Å². The Morgan fingerprint density at radius 3 is 2.40 bits per heavy atom. The lowest BCUT2D eigenvalue weighted by molar-refractivity contribution is 0.0938. The Labute approximate surface area is 173 Å². The minimum atomic E-state index is -0.309. The Morgan fingerprint density at radius 1 is 0.900 bits per heavy atom. The van der Waals surface area contributed by atoms with Gasteiger partial charge in [0.15, 0.2) is 5.78 Å². The van der Waals surface area contributed by atoms with Crippen LogP contribution >= 0.6 is 0 Å². The van der Waals surface area contributed by atoms with Crippen LogP contribution in [0.5, 0.6) is 0 Å². The summed E-state index contributed by atoms with van der Waals surface area (Å²) in [6, 6.07) is 22.4. The average molecular weight is 393 g/mol. The molecule has 1 aliphatic carbocycles. The quantitative estimate of drug-likeness (QED) is 0.461. The van der Waals surface area contributed by atoms with E-state index in [0.717, 1.165) is 22.4 Å². The van der Waals surface area contributed by atoms with Crippen molar-refractivity contribution in [3.63, 3.8) is 0 Å².